The molecule has 0 aromatic heterocycles. The molecule has 0 saturated carbocycles. The smallest absolute Gasteiger partial charge is 0.207 e. The Hall–Kier alpha value is -2.46. The van der Waals surface area contributed by atoms with E-state index < -0.39 is 75.3 Å². The first-order valence-corrected chi connectivity index (χ1v) is 10.6. The molecule has 0 fully saturated rings. The molecule has 0 heterocycles. The number of rotatable bonds is 3. The molecule has 0 aliphatic heterocycles. The van der Waals surface area contributed by atoms with Gasteiger partial charge in [0, 0.05) is 52.0 Å². The first-order chi connectivity index (χ1) is 13.5. The van der Waals surface area contributed by atoms with Crippen LogP contribution in [0.3, 0.4) is 0 Å². The van der Waals surface area contributed by atoms with Gasteiger partial charge in [-0.3, -0.25) is 0 Å². The highest BCUT2D eigenvalue weighted by Gasteiger charge is 2.50. The molecule has 0 unspecified atom stereocenters. The van der Waals surface area contributed by atoms with Gasteiger partial charge < -0.3 is 0 Å². The first-order valence-electron chi connectivity index (χ1n) is 7.60. The van der Waals surface area contributed by atoms with Gasteiger partial charge in [0.1, 0.15) is 52.4 Å². The predicted octanol–water partition coefficient (Wildman–Crippen LogP) is 4.14. The van der Waals surface area contributed by atoms with Gasteiger partial charge in [0.05, 0.1) is 0 Å². The van der Waals surface area contributed by atoms with Crippen LogP contribution in [0.2, 0.25) is 0 Å². The Kier molecular flexibility index (Phi) is 5.43. The lowest BCUT2D eigenvalue weighted by atomic mass is 10.3. The molecule has 0 saturated heterocycles. The van der Waals surface area contributed by atoms with Crippen LogP contribution < -0.4 is 15.6 Å². The van der Waals surface area contributed by atoms with Crippen molar-refractivity contribution in [1.82, 2.24) is 0 Å². The molecule has 0 aliphatic rings. The van der Waals surface area contributed by atoms with Gasteiger partial charge in [-0.05, 0) is 0 Å². The number of halogens is 10. The van der Waals surface area contributed by atoms with Crippen molar-refractivity contribution in [3.63, 3.8) is 0 Å². The van der Waals surface area contributed by atoms with E-state index in [1.165, 1.54) is 0 Å². The summed E-state index contributed by atoms with van der Waals surface area (Å²) in [5.74, 6) is -15.1. The Morgan fingerprint density at radius 3 is 0.759 bits per heavy atom. The number of benzene rings is 3. The zero-order valence-corrected chi connectivity index (χ0v) is 15.5. The van der Waals surface area contributed by atoms with E-state index in [1.807, 2.05) is 0 Å². The maximum absolute atomic E-state index is 14.5. The van der Waals surface area contributed by atoms with E-state index in [9.17, 15) is 39.5 Å². The lowest BCUT2D eigenvalue weighted by Crippen LogP contribution is -2.68. The Bertz CT molecular complexity index is 924. The molecule has 3 aromatic rings. The Labute approximate surface area is 162 Å². The monoisotopic (exact) mass is 456 g/mol. The van der Waals surface area contributed by atoms with Crippen molar-refractivity contribution in [1.29, 1.82) is 0 Å². The summed E-state index contributed by atoms with van der Waals surface area (Å²) in [7, 11) is -5.49. The summed E-state index contributed by atoms with van der Waals surface area (Å²) in [6, 6.07) is 0.507. The Balaban J connectivity index is 2.55. The molecular formula is C18H6ClF9Si. The summed E-state index contributed by atoms with van der Waals surface area (Å²) in [6.07, 6.45) is 0. The summed E-state index contributed by atoms with van der Waals surface area (Å²) in [5.41, 5.74) is 0. The van der Waals surface area contributed by atoms with Crippen LogP contribution in [0.15, 0.2) is 36.4 Å². The molecule has 0 radical (unpaired) electrons. The maximum atomic E-state index is 14.5. The second kappa shape index (κ2) is 7.41. The third-order valence-electron chi connectivity index (χ3n) is 4.05. The highest BCUT2D eigenvalue weighted by atomic mass is 35.6. The molecule has 0 aliphatic carbocycles. The SMILES string of the molecule is Fc1cc(F)c([Si](Cl)(c2c(F)cc(F)cc2F)c2c(F)cc(F)cc2F)c(F)c1. The quantitative estimate of drug-likeness (QED) is 0.240. The average Bonchev–Trinajstić information content (AvgIpc) is 2.51. The van der Waals surface area contributed by atoms with Gasteiger partial charge in [-0.25, -0.2) is 39.5 Å². The highest BCUT2D eigenvalue weighted by Crippen LogP contribution is 2.23. The Morgan fingerprint density at radius 2 is 0.586 bits per heavy atom. The molecule has 0 amide bonds. The van der Waals surface area contributed by atoms with E-state index in [-0.39, 0.29) is 36.4 Å². The van der Waals surface area contributed by atoms with Crippen LogP contribution in [0.5, 0.6) is 0 Å². The van der Waals surface area contributed by atoms with Crippen LogP contribution in [0.25, 0.3) is 0 Å². The van der Waals surface area contributed by atoms with Crippen molar-refractivity contribution in [2.45, 2.75) is 0 Å². The fourth-order valence-electron chi connectivity index (χ4n) is 2.99. The predicted molar refractivity (Wildman–Crippen MR) is 89.5 cm³/mol. The minimum Gasteiger partial charge on any atom is -0.207 e. The molecule has 3 aromatic carbocycles. The summed E-state index contributed by atoms with van der Waals surface area (Å²) in [6.45, 7) is 0. The molecule has 0 bridgehead atoms. The fraction of sp³-hybridized carbons (Fsp3) is 0. The molecule has 3 rings (SSSR count). The van der Waals surface area contributed by atoms with Crippen LogP contribution in [-0.4, -0.2) is 7.38 Å². The van der Waals surface area contributed by atoms with Gasteiger partial charge in [0.15, 0.2) is 0 Å². The van der Waals surface area contributed by atoms with Crippen molar-refractivity contribution >= 4 is 34.0 Å². The lowest BCUT2D eigenvalue weighted by Gasteiger charge is -2.28. The summed E-state index contributed by atoms with van der Waals surface area (Å²) in [4.78, 5) is 0. The molecule has 11 heteroatoms. The lowest BCUT2D eigenvalue weighted by molar-refractivity contribution is 0.548. The Morgan fingerprint density at radius 1 is 0.414 bits per heavy atom. The molecule has 29 heavy (non-hydrogen) atoms. The minimum absolute atomic E-state index is 0.0845. The van der Waals surface area contributed by atoms with Gasteiger partial charge in [-0.1, -0.05) is 0 Å². The zero-order valence-electron chi connectivity index (χ0n) is 13.7. The van der Waals surface area contributed by atoms with Crippen molar-refractivity contribution in [2.75, 3.05) is 0 Å². The van der Waals surface area contributed by atoms with E-state index in [1.54, 1.807) is 0 Å². The first kappa shape index (κ1) is 21.3. The molecule has 0 spiro atoms. The molecular weight excluding hydrogens is 451 g/mol. The topological polar surface area (TPSA) is 0 Å². The van der Waals surface area contributed by atoms with Gasteiger partial charge in [0.25, 0.3) is 7.38 Å². The summed E-state index contributed by atoms with van der Waals surface area (Å²) >= 11 is 6.24. The third-order valence-corrected chi connectivity index (χ3v) is 9.25. The van der Waals surface area contributed by atoms with Gasteiger partial charge >= 0.3 is 0 Å². The molecule has 152 valence electrons. The van der Waals surface area contributed by atoms with Crippen LogP contribution in [0, 0.1) is 52.4 Å². The van der Waals surface area contributed by atoms with E-state index in [2.05, 4.69) is 0 Å². The van der Waals surface area contributed by atoms with Crippen molar-refractivity contribution in [3.05, 3.63) is 88.8 Å². The highest BCUT2D eigenvalue weighted by molar-refractivity contribution is 7.40. The van der Waals surface area contributed by atoms with Crippen LogP contribution in [-0.2, 0) is 0 Å². The third kappa shape index (κ3) is 3.50. The number of hydrogen-bond acceptors (Lipinski definition) is 0. The van der Waals surface area contributed by atoms with Crippen LogP contribution >= 0.6 is 11.1 Å². The van der Waals surface area contributed by atoms with Crippen molar-refractivity contribution < 1.29 is 39.5 Å². The van der Waals surface area contributed by atoms with Crippen molar-refractivity contribution in [3.8, 4) is 0 Å². The van der Waals surface area contributed by atoms with Gasteiger partial charge in [0.2, 0.25) is 0 Å². The van der Waals surface area contributed by atoms with Crippen LogP contribution in [0.1, 0.15) is 0 Å². The maximum Gasteiger partial charge on any atom is 0.265 e. The minimum atomic E-state index is -5.49. The van der Waals surface area contributed by atoms with E-state index in [4.69, 9.17) is 11.1 Å². The zero-order chi connectivity index (χ0) is 21.7. The van der Waals surface area contributed by atoms with Gasteiger partial charge in [-0.2, -0.15) is 0 Å². The number of hydrogen-bond donors (Lipinski definition) is 0. The summed E-state index contributed by atoms with van der Waals surface area (Å²) in [5, 5.41) is -4.27. The normalized spacial score (nSPS) is 11.8. The van der Waals surface area contributed by atoms with E-state index >= 15 is 0 Å². The van der Waals surface area contributed by atoms with Crippen LogP contribution in [0.4, 0.5) is 39.5 Å². The average molecular weight is 457 g/mol. The fourth-order valence-corrected chi connectivity index (χ4v) is 7.77. The van der Waals surface area contributed by atoms with Crippen molar-refractivity contribution in [2.24, 2.45) is 0 Å². The standard InChI is InChI=1S/C18H6ClF9Si/c19-29(16-10(23)1-7(20)2-11(16)24,17-12(25)3-8(21)4-13(17)26)18-14(27)5-9(22)6-15(18)28/h1-6H. The molecule has 0 atom stereocenters. The molecule has 0 N–H and O–H groups in total. The van der Waals surface area contributed by atoms with Gasteiger partial charge in [-0.15, -0.1) is 11.1 Å². The van der Waals surface area contributed by atoms with E-state index in [0.29, 0.717) is 0 Å². The van der Waals surface area contributed by atoms with E-state index in [0.717, 1.165) is 0 Å². The second-order valence-electron chi connectivity index (χ2n) is 5.89. The molecule has 0 nitrogen and oxygen atoms in total. The largest absolute Gasteiger partial charge is 0.265 e. The summed E-state index contributed by atoms with van der Waals surface area (Å²) < 4.78 is 127. The second-order valence-corrected chi connectivity index (χ2v) is 10.4.